The van der Waals surface area contributed by atoms with Gasteiger partial charge in [0.15, 0.2) is 16.7 Å². The molecule has 0 radical (unpaired) electrons. The summed E-state index contributed by atoms with van der Waals surface area (Å²) in [5.74, 6) is 1.13. The van der Waals surface area contributed by atoms with E-state index in [9.17, 15) is 9.18 Å². The van der Waals surface area contributed by atoms with Gasteiger partial charge < -0.3 is 9.15 Å². The van der Waals surface area contributed by atoms with E-state index in [1.54, 1.807) is 6.26 Å². The van der Waals surface area contributed by atoms with Gasteiger partial charge in [0.05, 0.1) is 24.7 Å². The Morgan fingerprint density at radius 2 is 2.10 bits per heavy atom. The highest BCUT2D eigenvalue weighted by Gasteiger charge is 2.25. The van der Waals surface area contributed by atoms with Crippen LogP contribution in [-0.4, -0.2) is 33.4 Å². The number of hydrogen-bond donors (Lipinski definition) is 0. The molecule has 1 fully saturated rings. The molecule has 2 aromatic heterocycles. The average molecular weight is 415 g/mol. The number of methoxy groups -OCH3 is 1. The number of thioether (sulfide) groups is 1. The predicted molar refractivity (Wildman–Crippen MR) is 108 cm³/mol. The predicted octanol–water partition coefficient (Wildman–Crippen LogP) is 5.17. The number of ketones is 1. The first-order valence-corrected chi connectivity index (χ1v) is 10.6. The van der Waals surface area contributed by atoms with Crippen molar-refractivity contribution < 1.29 is 18.3 Å². The van der Waals surface area contributed by atoms with Crippen molar-refractivity contribution in [2.75, 3.05) is 12.9 Å². The van der Waals surface area contributed by atoms with Gasteiger partial charge in [-0.15, -0.1) is 10.2 Å². The summed E-state index contributed by atoms with van der Waals surface area (Å²) in [6.07, 6.45) is 7.25. The number of furan rings is 1. The van der Waals surface area contributed by atoms with E-state index in [2.05, 4.69) is 14.8 Å². The highest BCUT2D eigenvalue weighted by Crippen LogP contribution is 2.36. The number of Topliss-reactive ketones (excluding diaryl/α,β-unsaturated/α-hetero) is 1. The first-order valence-electron chi connectivity index (χ1n) is 9.65. The van der Waals surface area contributed by atoms with E-state index in [1.807, 2.05) is 12.1 Å². The van der Waals surface area contributed by atoms with Gasteiger partial charge in [0.2, 0.25) is 5.82 Å². The van der Waals surface area contributed by atoms with Gasteiger partial charge >= 0.3 is 0 Å². The molecular formula is C21H22FN3O3S. The van der Waals surface area contributed by atoms with E-state index in [4.69, 9.17) is 9.15 Å². The minimum absolute atomic E-state index is 0.114. The summed E-state index contributed by atoms with van der Waals surface area (Å²) in [7, 11) is 1.46. The second-order valence-corrected chi connectivity index (χ2v) is 7.94. The van der Waals surface area contributed by atoms with Crippen LogP contribution in [0.25, 0.3) is 11.6 Å². The van der Waals surface area contributed by atoms with Gasteiger partial charge in [0, 0.05) is 6.04 Å². The van der Waals surface area contributed by atoms with Crippen LogP contribution in [0.15, 0.2) is 46.2 Å². The standard InChI is InChI=1S/C21H22FN3O3S/c1-27-18-10-9-14(22)12-16(18)17(26)13-29-21-24-23-20(19-8-5-11-28-19)25(21)15-6-3-2-4-7-15/h5,8-12,15H,2-4,6-7,13H2,1H3. The zero-order chi connectivity index (χ0) is 20.2. The van der Waals surface area contributed by atoms with E-state index in [1.165, 1.54) is 43.5 Å². The van der Waals surface area contributed by atoms with Gasteiger partial charge in [-0.25, -0.2) is 4.39 Å². The largest absolute Gasteiger partial charge is 0.496 e. The van der Waals surface area contributed by atoms with Gasteiger partial charge in [-0.3, -0.25) is 9.36 Å². The highest BCUT2D eigenvalue weighted by molar-refractivity contribution is 7.99. The molecule has 0 atom stereocenters. The van der Waals surface area contributed by atoms with Crippen molar-refractivity contribution in [2.45, 2.75) is 43.3 Å². The molecule has 1 aromatic carbocycles. The van der Waals surface area contributed by atoms with E-state index < -0.39 is 5.82 Å². The van der Waals surface area contributed by atoms with E-state index in [-0.39, 0.29) is 23.1 Å². The normalized spacial score (nSPS) is 14.8. The Morgan fingerprint density at radius 1 is 1.28 bits per heavy atom. The van der Waals surface area contributed by atoms with Crippen molar-refractivity contribution in [1.82, 2.24) is 14.8 Å². The lowest BCUT2D eigenvalue weighted by Crippen LogP contribution is -2.15. The molecule has 0 bridgehead atoms. The molecule has 1 saturated carbocycles. The number of rotatable bonds is 7. The lowest BCUT2D eigenvalue weighted by molar-refractivity contribution is 0.101. The summed E-state index contributed by atoms with van der Waals surface area (Å²) in [4.78, 5) is 12.7. The Labute approximate surface area is 172 Å². The number of nitrogens with zero attached hydrogens (tertiary/aromatic N) is 3. The Kier molecular flexibility index (Phi) is 5.99. The van der Waals surface area contributed by atoms with E-state index in [0.29, 0.717) is 22.5 Å². The van der Waals surface area contributed by atoms with Crippen LogP contribution in [0, 0.1) is 5.82 Å². The Bertz CT molecular complexity index is 981. The van der Waals surface area contributed by atoms with Crippen LogP contribution in [0.5, 0.6) is 5.75 Å². The number of ether oxygens (including phenoxy) is 1. The van der Waals surface area contributed by atoms with Crippen LogP contribution in [-0.2, 0) is 0 Å². The van der Waals surface area contributed by atoms with Gasteiger partial charge in [0.1, 0.15) is 11.6 Å². The molecule has 8 heteroatoms. The number of aromatic nitrogens is 3. The fourth-order valence-corrected chi connectivity index (χ4v) is 4.61. The third-order valence-electron chi connectivity index (χ3n) is 5.14. The highest BCUT2D eigenvalue weighted by atomic mass is 32.2. The third kappa shape index (κ3) is 4.22. The number of hydrogen-bond acceptors (Lipinski definition) is 6. The van der Waals surface area contributed by atoms with Gasteiger partial charge in [-0.1, -0.05) is 31.0 Å². The number of carbonyl (C=O) groups is 1. The number of carbonyl (C=O) groups excluding carboxylic acids is 1. The van der Waals surface area contributed by atoms with Crippen molar-refractivity contribution in [3.8, 4) is 17.3 Å². The van der Waals surface area contributed by atoms with Crippen LogP contribution in [0.2, 0.25) is 0 Å². The average Bonchev–Trinajstić information content (AvgIpc) is 3.42. The second-order valence-electron chi connectivity index (χ2n) is 7.00. The minimum Gasteiger partial charge on any atom is -0.496 e. The van der Waals surface area contributed by atoms with Crippen LogP contribution in [0.1, 0.15) is 48.5 Å². The zero-order valence-corrected chi connectivity index (χ0v) is 17.0. The van der Waals surface area contributed by atoms with Crippen LogP contribution in [0.4, 0.5) is 4.39 Å². The topological polar surface area (TPSA) is 70.2 Å². The molecule has 1 aliphatic rings. The third-order valence-corrected chi connectivity index (χ3v) is 6.08. The quantitative estimate of drug-likeness (QED) is 0.392. The molecule has 0 aliphatic heterocycles. The van der Waals surface area contributed by atoms with Crippen LogP contribution < -0.4 is 4.74 Å². The van der Waals surface area contributed by atoms with Crippen molar-refractivity contribution >= 4 is 17.5 Å². The lowest BCUT2D eigenvalue weighted by Gasteiger charge is -2.25. The molecule has 4 rings (SSSR count). The number of benzene rings is 1. The summed E-state index contributed by atoms with van der Waals surface area (Å²) >= 11 is 1.31. The van der Waals surface area contributed by atoms with E-state index >= 15 is 0 Å². The van der Waals surface area contributed by atoms with Crippen molar-refractivity contribution in [2.24, 2.45) is 0 Å². The summed E-state index contributed by atoms with van der Waals surface area (Å²) in [6.45, 7) is 0. The van der Waals surface area contributed by atoms with Gasteiger partial charge in [-0.2, -0.15) is 0 Å². The maximum absolute atomic E-state index is 13.6. The molecule has 6 nitrogen and oxygen atoms in total. The fraction of sp³-hybridized carbons (Fsp3) is 0.381. The fourth-order valence-electron chi connectivity index (χ4n) is 3.72. The molecule has 152 valence electrons. The van der Waals surface area contributed by atoms with Crippen LogP contribution >= 0.6 is 11.8 Å². The smallest absolute Gasteiger partial charge is 0.200 e. The van der Waals surface area contributed by atoms with Crippen molar-refractivity contribution in [3.63, 3.8) is 0 Å². The molecule has 2 heterocycles. The summed E-state index contributed by atoms with van der Waals surface area (Å²) in [5, 5.41) is 9.34. The summed E-state index contributed by atoms with van der Waals surface area (Å²) < 4.78 is 26.5. The maximum atomic E-state index is 13.6. The van der Waals surface area contributed by atoms with Crippen molar-refractivity contribution in [1.29, 1.82) is 0 Å². The monoisotopic (exact) mass is 415 g/mol. The maximum Gasteiger partial charge on any atom is 0.200 e. The number of halogens is 1. The molecule has 0 N–H and O–H groups in total. The molecule has 0 unspecified atom stereocenters. The zero-order valence-electron chi connectivity index (χ0n) is 16.1. The first-order chi connectivity index (χ1) is 14.2. The SMILES string of the molecule is COc1ccc(F)cc1C(=O)CSc1nnc(-c2ccco2)n1C1CCCCC1. The molecule has 29 heavy (non-hydrogen) atoms. The van der Waals surface area contributed by atoms with Gasteiger partial charge in [-0.05, 0) is 43.2 Å². The summed E-state index contributed by atoms with van der Waals surface area (Å²) in [5.41, 5.74) is 0.231. The molecule has 1 aliphatic carbocycles. The van der Waals surface area contributed by atoms with Crippen LogP contribution in [0.3, 0.4) is 0 Å². The molecule has 0 saturated heterocycles. The molecular weight excluding hydrogens is 393 g/mol. The Balaban J connectivity index is 1.59. The van der Waals surface area contributed by atoms with E-state index in [0.717, 1.165) is 25.7 Å². The lowest BCUT2D eigenvalue weighted by atomic mass is 9.95. The Morgan fingerprint density at radius 3 is 2.83 bits per heavy atom. The minimum atomic E-state index is -0.468. The Hall–Kier alpha value is -2.61. The second kappa shape index (κ2) is 8.82. The van der Waals surface area contributed by atoms with Crippen molar-refractivity contribution in [3.05, 3.63) is 48.0 Å². The summed E-state index contributed by atoms with van der Waals surface area (Å²) in [6, 6.07) is 7.91. The molecule has 3 aromatic rings. The molecule has 0 spiro atoms. The molecule has 0 amide bonds. The van der Waals surface area contributed by atoms with Gasteiger partial charge in [0.25, 0.3) is 0 Å². The first kappa shape index (κ1) is 19.7.